The van der Waals surface area contributed by atoms with Crippen molar-refractivity contribution < 1.29 is 4.79 Å². The fourth-order valence-corrected chi connectivity index (χ4v) is 3.15. The van der Waals surface area contributed by atoms with Crippen molar-refractivity contribution >= 4 is 5.91 Å². The maximum Gasteiger partial charge on any atom is 0.251 e. The van der Waals surface area contributed by atoms with Gasteiger partial charge < -0.3 is 16.0 Å². The minimum Gasteiger partial charge on any atom is -0.350 e. The Labute approximate surface area is 155 Å². The zero-order valence-electron chi connectivity index (χ0n) is 15.4. The van der Waals surface area contributed by atoms with Crippen LogP contribution in [0.4, 0.5) is 0 Å². The summed E-state index contributed by atoms with van der Waals surface area (Å²) in [5.41, 5.74) is 9.08. The highest BCUT2D eigenvalue weighted by Gasteiger charge is 2.14. The molecule has 0 aromatic heterocycles. The van der Waals surface area contributed by atoms with Crippen molar-refractivity contribution in [1.82, 2.24) is 15.1 Å². The molecular weight excluding hydrogens is 324 g/mol. The summed E-state index contributed by atoms with van der Waals surface area (Å²) in [4.78, 5) is 17.1. The first-order valence-electron chi connectivity index (χ1n) is 9.20. The average Bonchev–Trinajstić information content (AvgIpc) is 2.69. The van der Waals surface area contributed by atoms with Crippen LogP contribution in [0.5, 0.6) is 0 Å². The number of carbonyl (C=O) groups excluding carboxylic acids is 1. The average molecular weight is 352 g/mol. The topological polar surface area (TPSA) is 61.6 Å². The van der Waals surface area contributed by atoms with Gasteiger partial charge in [-0.3, -0.25) is 9.69 Å². The van der Waals surface area contributed by atoms with Crippen LogP contribution in [0, 0.1) is 0 Å². The number of hydrogen-bond acceptors (Lipinski definition) is 4. The van der Waals surface area contributed by atoms with E-state index >= 15 is 0 Å². The number of rotatable bonds is 6. The summed E-state index contributed by atoms with van der Waals surface area (Å²) < 4.78 is 0. The molecule has 5 nitrogen and oxygen atoms in total. The summed E-state index contributed by atoms with van der Waals surface area (Å²) in [7, 11) is 2.16. The quantitative estimate of drug-likeness (QED) is 0.833. The molecule has 1 aliphatic rings. The van der Waals surface area contributed by atoms with Crippen molar-refractivity contribution in [2.75, 3.05) is 39.8 Å². The minimum absolute atomic E-state index is 0.0810. The number of amides is 1. The molecule has 0 saturated carbocycles. The molecule has 5 heteroatoms. The van der Waals surface area contributed by atoms with E-state index in [0.29, 0.717) is 12.1 Å². The predicted molar refractivity (Wildman–Crippen MR) is 105 cm³/mol. The van der Waals surface area contributed by atoms with E-state index in [9.17, 15) is 4.79 Å². The maximum atomic E-state index is 12.3. The molecule has 3 N–H and O–H groups in total. The molecule has 0 spiro atoms. The highest BCUT2D eigenvalue weighted by atomic mass is 16.1. The molecule has 0 radical (unpaired) electrons. The molecule has 0 bridgehead atoms. The molecule has 26 heavy (non-hydrogen) atoms. The first-order valence-corrected chi connectivity index (χ1v) is 9.20. The molecule has 1 aliphatic heterocycles. The van der Waals surface area contributed by atoms with Crippen molar-refractivity contribution in [1.29, 1.82) is 0 Å². The fraction of sp³-hybridized carbons (Fsp3) is 0.381. The highest BCUT2D eigenvalue weighted by Crippen LogP contribution is 2.11. The normalized spacial score (nSPS) is 17.0. The summed E-state index contributed by atoms with van der Waals surface area (Å²) in [6, 6.07) is 17.5. The molecular formula is C21H28N4O. The standard InChI is InChI=1S/C21H28N4O/c1-24-11-13-25(14-12-24)16-17-7-9-19(10-8-17)21(26)23-15-20(22)18-5-3-2-4-6-18/h2-10,20H,11-16,22H2,1H3,(H,23,26). The van der Waals surface area contributed by atoms with Crippen LogP contribution >= 0.6 is 0 Å². The number of nitrogens with zero attached hydrogens (tertiary/aromatic N) is 2. The third-order valence-electron chi connectivity index (χ3n) is 4.93. The molecule has 1 fully saturated rings. The zero-order valence-corrected chi connectivity index (χ0v) is 15.4. The van der Waals surface area contributed by atoms with Crippen molar-refractivity contribution in [3.05, 3.63) is 71.3 Å². The molecule has 2 aromatic rings. The lowest BCUT2D eigenvalue weighted by molar-refractivity contribution is 0.0951. The van der Waals surface area contributed by atoms with Crippen LogP contribution in [0.2, 0.25) is 0 Å². The molecule has 1 saturated heterocycles. The van der Waals surface area contributed by atoms with Crippen molar-refractivity contribution in [3.8, 4) is 0 Å². The summed E-state index contributed by atoms with van der Waals surface area (Å²) in [5.74, 6) is -0.0810. The summed E-state index contributed by atoms with van der Waals surface area (Å²) in [6.45, 7) is 5.77. The Morgan fingerprint density at radius 1 is 1.04 bits per heavy atom. The van der Waals surface area contributed by atoms with Gasteiger partial charge in [-0.2, -0.15) is 0 Å². The molecule has 3 rings (SSSR count). The Morgan fingerprint density at radius 2 is 1.69 bits per heavy atom. The first-order chi connectivity index (χ1) is 12.6. The van der Waals surface area contributed by atoms with Crippen LogP contribution in [-0.2, 0) is 6.54 Å². The van der Waals surface area contributed by atoms with Crippen molar-refractivity contribution in [2.45, 2.75) is 12.6 Å². The Morgan fingerprint density at radius 3 is 2.35 bits per heavy atom. The predicted octanol–water partition coefficient (Wildman–Crippen LogP) is 1.86. The van der Waals surface area contributed by atoms with Gasteiger partial charge in [0.1, 0.15) is 0 Å². The van der Waals surface area contributed by atoms with Gasteiger partial charge >= 0.3 is 0 Å². The fourth-order valence-electron chi connectivity index (χ4n) is 3.15. The van der Waals surface area contributed by atoms with Crippen molar-refractivity contribution in [2.24, 2.45) is 5.73 Å². The van der Waals surface area contributed by atoms with Gasteiger partial charge in [0.25, 0.3) is 5.91 Å². The largest absolute Gasteiger partial charge is 0.350 e. The van der Waals surface area contributed by atoms with E-state index in [2.05, 4.69) is 22.2 Å². The van der Waals surface area contributed by atoms with Crippen molar-refractivity contribution in [3.63, 3.8) is 0 Å². The molecule has 1 atom stereocenters. The van der Waals surface area contributed by atoms with E-state index < -0.39 is 0 Å². The molecule has 1 heterocycles. The number of likely N-dealkylation sites (N-methyl/N-ethyl adjacent to an activating group) is 1. The van der Waals surface area contributed by atoms with E-state index in [-0.39, 0.29) is 11.9 Å². The van der Waals surface area contributed by atoms with Crippen LogP contribution in [0.1, 0.15) is 27.5 Å². The minimum atomic E-state index is -0.198. The highest BCUT2D eigenvalue weighted by molar-refractivity contribution is 5.94. The lowest BCUT2D eigenvalue weighted by atomic mass is 10.1. The van der Waals surface area contributed by atoms with Crippen LogP contribution in [0.25, 0.3) is 0 Å². The zero-order chi connectivity index (χ0) is 18.4. The van der Waals surface area contributed by atoms with Crippen LogP contribution in [-0.4, -0.2) is 55.5 Å². The van der Waals surface area contributed by atoms with E-state index in [4.69, 9.17) is 5.73 Å². The van der Waals surface area contributed by atoms with Gasteiger partial charge in [0.15, 0.2) is 0 Å². The maximum absolute atomic E-state index is 12.3. The monoisotopic (exact) mass is 352 g/mol. The lowest BCUT2D eigenvalue weighted by Crippen LogP contribution is -2.43. The summed E-state index contributed by atoms with van der Waals surface area (Å²) in [6.07, 6.45) is 0. The van der Waals surface area contributed by atoms with E-state index in [0.717, 1.165) is 38.3 Å². The van der Waals surface area contributed by atoms with Crippen LogP contribution in [0.3, 0.4) is 0 Å². The third-order valence-corrected chi connectivity index (χ3v) is 4.93. The Balaban J connectivity index is 1.49. The van der Waals surface area contributed by atoms with Gasteiger partial charge in [-0.05, 0) is 30.3 Å². The van der Waals surface area contributed by atoms with Gasteiger partial charge in [-0.25, -0.2) is 0 Å². The smallest absolute Gasteiger partial charge is 0.251 e. The van der Waals surface area contributed by atoms with Gasteiger partial charge in [-0.15, -0.1) is 0 Å². The molecule has 1 amide bonds. The SMILES string of the molecule is CN1CCN(Cc2ccc(C(=O)NCC(N)c3ccccc3)cc2)CC1. The summed E-state index contributed by atoms with van der Waals surface area (Å²) >= 11 is 0. The number of benzene rings is 2. The number of carbonyl (C=O) groups is 1. The first kappa shape index (κ1) is 18.6. The lowest BCUT2D eigenvalue weighted by Gasteiger charge is -2.32. The second-order valence-electron chi connectivity index (χ2n) is 7.00. The second-order valence-corrected chi connectivity index (χ2v) is 7.00. The van der Waals surface area contributed by atoms with Gasteiger partial charge in [-0.1, -0.05) is 42.5 Å². The van der Waals surface area contributed by atoms with Gasteiger partial charge in [0.2, 0.25) is 0 Å². The molecule has 2 aromatic carbocycles. The third kappa shape index (κ3) is 5.14. The van der Waals surface area contributed by atoms with Gasteiger partial charge in [0.05, 0.1) is 0 Å². The van der Waals surface area contributed by atoms with Gasteiger partial charge in [0, 0.05) is 50.9 Å². The Hall–Kier alpha value is -2.21. The van der Waals surface area contributed by atoms with Crippen LogP contribution in [0.15, 0.2) is 54.6 Å². The summed E-state index contributed by atoms with van der Waals surface area (Å²) in [5, 5.41) is 2.92. The van der Waals surface area contributed by atoms with E-state index in [1.54, 1.807) is 0 Å². The molecule has 0 aliphatic carbocycles. The number of nitrogens with one attached hydrogen (secondary N) is 1. The van der Waals surface area contributed by atoms with E-state index in [1.165, 1.54) is 5.56 Å². The number of piperazine rings is 1. The Bertz CT molecular complexity index is 694. The Kier molecular flexibility index (Phi) is 6.39. The molecule has 138 valence electrons. The van der Waals surface area contributed by atoms with E-state index in [1.807, 2.05) is 54.6 Å². The van der Waals surface area contributed by atoms with Crippen LogP contribution < -0.4 is 11.1 Å². The second kappa shape index (κ2) is 8.94. The molecule has 1 unspecified atom stereocenters. The number of nitrogens with two attached hydrogens (primary N) is 1. The number of hydrogen-bond donors (Lipinski definition) is 2.